The molecule has 1 saturated heterocycles. The molecule has 1 aliphatic rings. The van der Waals surface area contributed by atoms with Crippen LogP contribution in [-0.2, 0) is 4.79 Å². The molecule has 1 atom stereocenters. The van der Waals surface area contributed by atoms with Crippen molar-refractivity contribution in [2.24, 2.45) is 5.73 Å². The van der Waals surface area contributed by atoms with Gasteiger partial charge in [0, 0.05) is 12.2 Å². The molecule has 1 unspecified atom stereocenters. The van der Waals surface area contributed by atoms with Crippen LogP contribution in [-0.4, -0.2) is 29.4 Å². The number of urea groups is 1. The summed E-state index contributed by atoms with van der Waals surface area (Å²) in [5.41, 5.74) is 6.25. The molecule has 0 aromatic heterocycles. The average molecular weight is 293 g/mol. The number of primary amides is 1. The Morgan fingerprint density at radius 3 is 2.71 bits per heavy atom. The summed E-state index contributed by atoms with van der Waals surface area (Å²) in [4.78, 5) is 24.8. The van der Waals surface area contributed by atoms with Crippen molar-refractivity contribution in [2.75, 3.05) is 11.9 Å². The summed E-state index contributed by atoms with van der Waals surface area (Å²) in [5.74, 6) is -0.785. The van der Waals surface area contributed by atoms with Crippen LogP contribution in [0.1, 0.15) is 38.2 Å². The van der Waals surface area contributed by atoms with Gasteiger partial charge in [-0.2, -0.15) is 0 Å². The molecule has 3 N–H and O–H groups in total. The Labute approximate surface area is 123 Å². The highest BCUT2D eigenvalue weighted by atomic mass is 19.1. The summed E-state index contributed by atoms with van der Waals surface area (Å²) in [5, 5.41) is 2.61. The van der Waals surface area contributed by atoms with E-state index in [0.29, 0.717) is 24.2 Å². The maximum absolute atomic E-state index is 13.9. The van der Waals surface area contributed by atoms with Crippen LogP contribution in [0.25, 0.3) is 0 Å². The molecule has 21 heavy (non-hydrogen) atoms. The van der Waals surface area contributed by atoms with Gasteiger partial charge in [-0.05, 0) is 36.5 Å². The van der Waals surface area contributed by atoms with Gasteiger partial charge in [-0.15, -0.1) is 0 Å². The maximum atomic E-state index is 13.9. The lowest BCUT2D eigenvalue weighted by Crippen LogP contribution is -2.45. The molecule has 2 rings (SSSR count). The van der Waals surface area contributed by atoms with E-state index in [2.05, 4.69) is 5.32 Å². The van der Waals surface area contributed by atoms with Gasteiger partial charge in [-0.1, -0.05) is 19.9 Å². The summed E-state index contributed by atoms with van der Waals surface area (Å²) in [6, 6.07) is 3.61. The van der Waals surface area contributed by atoms with Crippen molar-refractivity contribution in [3.8, 4) is 0 Å². The fourth-order valence-corrected chi connectivity index (χ4v) is 2.57. The topological polar surface area (TPSA) is 75.4 Å². The van der Waals surface area contributed by atoms with Crippen LogP contribution in [0.3, 0.4) is 0 Å². The second-order valence-corrected chi connectivity index (χ2v) is 5.57. The molecule has 1 aromatic rings. The largest absolute Gasteiger partial charge is 0.368 e. The van der Waals surface area contributed by atoms with E-state index in [0.717, 1.165) is 6.42 Å². The Kier molecular flexibility index (Phi) is 4.45. The van der Waals surface area contributed by atoms with Crippen LogP contribution in [0.5, 0.6) is 0 Å². The van der Waals surface area contributed by atoms with Crippen molar-refractivity contribution in [3.63, 3.8) is 0 Å². The van der Waals surface area contributed by atoms with E-state index < -0.39 is 18.0 Å². The van der Waals surface area contributed by atoms with Gasteiger partial charge < -0.3 is 16.0 Å². The monoisotopic (exact) mass is 293 g/mol. The number of halogens is 1. The SMILES string of the molecule is CC(C)c1ccc(NC(=O)N2CCCC2C(N)=O)cc1F. The molecule has 5 nitrogen and oxygen atoms in total. The number of carbonyl (C=O) groups is 2. The minimum atomic E-state index is -0.579. The number of nitrogens with one attached hydrogen (secondary N) is 1. The number of nitrogens with zero attached hydrogens (tertiary/aromatic N) is 1. The third kappa shape index (κ3) is 3.32. The lowest BCUT2D eigenvalue weighted by molar-refractivity contribution is -0.121. The first-order valence-corrected chi connectivity index (χ1v) is 7.06. The Balaban J connectivity index is 2.09. The predicted octanol–water partition coefficient (Wildman–Crippen LogP) is 2.43. The Bertz CT molecular complexity index is 560. The summed E-state index contributed by atoms with van der Waals surface area (Å²) < 4.78 is 13.9. The Morgan fingerprint density at radius 1 is 1.43 bits per heavy atom. The summed E-state index contributed by atoms with van der Waals surface area (Å²) in [6.45, 7) is 4.28. The molecule has 6 heteroatoms. The lowest BCUT2D eigenvalue weighted by atomic mass is 10.0. The van der Waals surface area contributed by atoms with Crippen LogP contribution in [0, 0.1) is 5.82 Å². The van der Waals surface area contributed by atoms with Crippen molar-refractivity contribution < 1.29 is 14.0 Å². The summed E-state index contributed by atoms with van der Waals surface area (Å²) in [7, 11) is 0. The predicted molar refractivity (Wildman–Crippen MR) is 78.4 cm³/mol. The summed E-state index contributed by atoms with van der Waals surface area (Å²) >= 11 is 0. The number of amides is 3. The number of hydrogen-bond acceptors (Lipinski definition) is 2. The van der Waals surface area contributed by atoms with Crippen molar-refractivity contribution in [1.82, 2.24) is 4.90 Å². The van der Waals surface area contributed by atoms with Gasteiger partial charge in [0.05, 0.1) is 0 Å². The standard InChI is InChI=1S/C15H20FN3O2/c1-9(2)11-6-5-10(8-12(11)16)18-15(21)19-7-3-4-13(19)14(17)20/h5-6,8-9,13H,3-4,7H2,1-2H3,(H2,17,20)(H,18,21). The first-order valence-electron chi connectivity index (χ1n) is 7.06. The zero-order valence-corrected chi connectivity index (χ0v) is 12.2. The molecule has 0 saturated carbocycles. The molecule has 0 bridgehead atoms. The van der Waals surface area contributed by atoms with Gasteiger partial charge in [-0.3, -0.25) is 4.79 Å². The smallest absolute Gasteiger partial charge is 0.322 e. The zero-order chi connectivity index (χ0) is 15.6. The third-order valence-electron chi connectivity index (χ3n) is 3.72. The number of likely N-dealkylation sites (tertiary alicyclic amines) is 1. The second-order valence-electron chi connectivity index (χ2n) is 5.57. The number of anilines is 1. The fourth-order valence-electron chi connectivity index (χ4n) is 2.57. The van der Waals surface area contributed by atoms with E-state index >= 15 is 0 Å². The molecule has 0 aliphatic carbocycles. The zero-order valence-electron chi connectivity index (χ0n) is 12.2. The lowest BCUT2D eigenvalue weighted by Gasteiger charge is -2.22. The number of benzene rings is 1. The van der Waals surface area contributed by atoms with Crippen LogP contribution in [0.15, 0.2) is 18.2 Å². The van der Waals surface area contributed by atoms with E-state index in [4.69, 9.17) is 5.73 Å². The van der Waals surface area contributed by atoms with Gasteiger partial charge in [0.1, 0.15) is 11.9 Å². The normalized spacial score (nSPS) is 18.1. The molecule has 1 aromatic carbocycles. The molecule has 1 heterocycles. The van der Waals surface area contributed by atoms with Gasteiger partial charge in [0.15, 0.2) is 0 Å². The van der Waals surface area contributed by atoms with E-state index in [1.54, 1.807) is 12.1 Å². The Morgan fingerprint density at radius 2 is 2.14 bits per heavy atom. The number of carbonyl (C=O) groups excluding carboxylic acids is 2. The molecule has 1 aliphatic heterocycles. The summed E-state index contributed by atoms with van der Waals surface area (Å²) in [6.07, 6.45) is 1.31. The molecular formula is C15H20FN3O2. The van der Waals surface area contributed by atoms with Crippen LogP contribution < -0.4 is 11.1 Å². The van der Waals surface area contributed by atoms with Gasteiger partial charge in [0.2, 0.25) is 5.91 Å². The van der Waals surface area contributed by atoms with Gasteiger partial charge >= 0.3 is 6.03 Å². The van der Waals surface area contributed by atoms with E-state index in [1.165, 1.54) is 11.0 Å². The third-order valence-corrected chi connectivity index (χ3v) is 3.72. The van der Waals surface area contributed by atoms with Crippen LogP contribution >= 0.6 is 0 Å². The van der Waals surface area contributed by atoms with Crippen molar-refractivity contribution >= 4 is 17.6 Å². The Hall–Kier alpha value is -2.11. The maximum Gasteiger partial charge on any atom is 0.322 e. The quantitative estimate of drug-likeness (QED) is 0.898. The molecule has 0 radical (unpaired) electrons. The average Bonchev–Trinajstić information content (AvgIpc) is 2.87. The van der Waals surface area contributed by atoms with E-state index in [-0.39, 0.29) is 11.7 Å². The number of hydrogen-bond donors (Lipinski definition) is 2. The van der Waals surface area contributed by atoms with E-state index in [1.807, 2.05) is 13.8 Å². The highest BCUT2D eigenvalue weighted by molar-refractivity contribution is 5.93. The van der Waals surface area contributed by atoms with E-state index in [9.17, 15) is 14.0 Å². The highest BCUT2D eigenvalue weighted by Crippen LogP contribution is 2.23. The molecule has 1 fully saturated rings. The van der Waals surface area contributed by atoms with Gasteiger partial charge in [-0.25, -0.2) is 9.18 Å². The molecule has 114 valence electrons. The first-order chi connectivity index (χ1) is 9.90. The molecule has 0 spiro atoms. The first kappa shape index (κ1) is 15.3. The van der Waals surface area contributed by atoms with Crippen LogP contribution in [0.4, 0.5) is 14.9 Å². The highest BCUT2D eigenvalue weighted by Gasteiger charge is 2.32. The number of nitrogens with two attached hydrogens (primary N) is 1. The molecule has 3 amide bonds. The van der Waals surface area contributed by atoms with Crippen molar-refractivity contribution in [3.05, 3.63) is 29.6 Å². The van der Waals surface area contributed by atoms with Crippen molar-refractivity contribution in [1.29, 1.82) is 0 Å². The minimum Gasteiger partial charge on any atom is -0.368 e. The van der Waals surface area contributed by atoms with Crippen molar-refractivity contribution in [2.45, 2.75) is 38.6 Å². The van der Waals surface area contributed by atoms with Gasteiger partial charge in [0.25, 0.3) is 0 Å². The fraction of sp³-hybridized carbons (Fsp3) is 0.467. The number of rotatable bonds is 3. The van der Waals surface area contributed by atoms with Crippen LogP contribution in [0.2, 0.25) is 0 Å². The second kappa shape index (κ2) is 6.11. The molecular weight excluding hydrogens is 273 g/mol. The minimum absolute atomic E-state index is 0.0765.